The van der Waals surface area contributed by atoms with Crippen LogP contribution in [0, 0.1) is 0 Å². The monoisotopic (exact) mass is 195 g/mol. The van der Waals surface area contributed by atoms with Gasteiger partial charge in [0.15, 0.2) is 5.96 Å². The standard InChI is InChI=1S/C10H17N3O/c1-10(2,3)13-9(11)12-7-8-5-4-6-14-8/h4-6H,7H2,1-3H3,(H3,11,12,13). The predicted molar refractivity (Wildman–Crippen MR) is 56.9 cm³/mol. The van der Waals surface area contributed by atoms with Crippen LogP contribution in [-0.4, -0.2) is 11.5 Å². The maximum Gasteiger partial charge on any atom is 0.189 e. The van der Waals surface area contributed by atoms with E-state index in [1.807, 2.05) is 32.9 Å². The van der Waals surface area contributed by atoms with Gasteiger partial charge < -0.3 is 15.5 Å². The lowest BCUT2D eigenvalue weighted by molar-refractivity contribution is 0.499. The third-order valence-electron chi connectivity index (χ3n) is 1.49. The van der Waals surface area contributed by atoms with Crippen molar-refractivity contribution in [2.24, 2.45) is 10.7 Å². The van der Waals surface area contributed by atoms with Crippen molar-refractivity contribution in [3.8, 4) is 0 Å². The summed E-state index contributed by atoms with van der Waals surface area (Å²) in [6.07, 6.45) is 1.62. The molecule has 0 aliphatic heterocycles. The average Bonchev–Trinajstić information content (AvgIpc) is 2.49. The number of furan rings is 1. The highest BCUT2D eigenvalue weighted by molar-refractivity contribution is 5.78. The minimum absolute atomic E-state index is 0.0588. The molecule has 14 heavy (non-hydrogen) atoms. The molecule has 0 saturated carbocycles. The topological polar surface area (TPSA) is 63.5 Å². The molecule has 0 aliphatic carbocycles. The van der Waals surface area contributed by atoms with Crippen LogP contribution in [0.2, 0.25) is 0 Å². The van der Waals surface area contributed by atoms with Crippen molar-refractivity contribution in [1.29, 1.82) is 0 Å². The molecule has 0 spiro atoms. The highest BCUT2D eigenvalue weighted by Crippen LogP contribution is 2.02. The van der Waals surface area contributed by atoms with E-state index in [0.717, 1.165) is 5.76 Å². The summed E-state index contributed by atoms with van der Waals surface area (Å²) in [4.78, 5) is 4.14. The summed E-state index contributed by atoms with van der Waals surface area (Å²) in [5, 5.41) is 3.07. The lowest BCUT2D eigenvalue weighted by Gasteiger charge is -2.20. The fourth-order valence-corrected chi connectivity index (χ4v) is 0.989. The Morgan fingerprint density at radius 3 is 2.79 bits per heavy atom. The van der Waals surface area contributed by atoms with Gasteiger partial charge in [-0.05, 0) is 32.9 Å². The van der Waals surface area contributed by atoms with Crippen LogP contribution in [0.5, 0.6) is 0 Å². The number of nitrogens with one attached hydrogen (secondary N) is 1. The van der Waals surface area contributed by atoms with Gasteiger partial charge in [-0.25, -0.2) is 4.99 Å². The molecular formula is C10H17N3O. The number of hydrogen-bond donors (Lipinski definition) is 2. The maximum atomic E-state index is 5.67. The molecule has 0 bridgehead atoms. The zero-order valence-electron chi connectivity index (χ0n) is 8.87. The second-order valence-corrected chi connectivity index (χ2v) is 4.16. The molecule has 0 radical (unpaired) electrons. The highest BCUT2D eigenvalue weighted by Gasteiger charge is 2.09. The summed E-state index contributed by atoms with van der Waals surface area (Å²) < 4.78 is 5.12. The van der Waals surface area contributed by atoms with E-state index in [4.69, 9.17) is 10.2 Å². The van der Waals surface area contributed by atoms with Crippen LogP contribution in [0.3, 0.4) is 0 Å². The van der Waals surface area contributed by atoms with Crippen LogP contribution >= 0.6 is 0 Å². The molecule has 0 aliphatic rings. The Morgan fingerprint density at radius 1 is 1.57 bits per heavy atom. The van der Waals surface area contributed by atoms with Gasteiger partial charge in [0.1, 0.15) is 12.3 Å². The molecule has 4 nitrogen and oxygen atoms in total. The van der Waals surface area contributed by atoms with Gasteiger partial charge in [0.25, 0.3) is 0 Å². The average molecular weight is 195 g/mol. The maximum absolute atomic E-state index is 5.67. The lowest BCUT2D eigenvalue weighted by atomic mass is 10.1. The van der Waals surface area contributed by atoms with E-state index in [1.54, 1.807) is 6.26 Å². The van der Waals surface area contributed by atoms with Crippen LogP contribution in [-0.2, 0) is 6.54 Å². The van der Waals surface area contributed by atoms with Gasteiger partial charge in [-0.2, -0.15) is 0 Å². The minimum Gasteiger partial charge on any atom is -0.467 e. The molecule has 78 valence electrons. The fraction of sp³-hybridized carbons (Fsp3) is 0.500. The van der Waals surface area contributed by atoms with E-state index in [-0.39, 0.29) is 5.54 Å². The third-order valence-corrected chi connectivity index (χ3v) is 1.49. The van der Waals surface area contributed by atoms with E-state index in [0.29, 0.717) is 12.5 Å². The van der Waals surface area contributed by atoms with Gasteiger partial charge in [0, 0.05) is 5.54 Å². The van der Waals surface area contributed by atoms with Crippen molar-refractivity contribution in [2.45, 2.75) is 32.9 Å². The summed E-state index contributed by atoms with van der Waals surface area (Å²) >= 11 is 0. The zero-order chi connectivity index (χ0) is 10.6. The zero-order valence-corrected chi connectivity index (χ0v) is 8.87. The first-order valence-corrected chi connectivity index (χ1v) is 4.58. The summed E-state index contributed by atoms with van der Waals surface area (Å²) in [7, 11) is 0. The molecule has 0 amide bonds. The summed E-state index contributed by atoms with van der Waals surface area (Å²) in [6, 6.07) is 3.70. The summed E-state index contributed by atoms with van der Waals surface area (Å²) in [6.45, 7) is 6.56. The van der Waals surface area contributed by atoms with Crippen molar-refractivity contribution in [3.63, 3.8) is 0 Å². The van der Waals surface area contributed by atoms with Crippen molar-refractivity contribution in [2.75, 3.05) is 0 Å². The van der Waals surface area contributed by atoms with Crippen molar-refractivity contribution >= 4 is 5.96 Å². The number of nitrogens with two attached hydrogens (primary N) is 1. The van der Waals surface area contributed by atoms with E-state index in [1.165, 1.54) is 0 Å². The molecular weight excluding hydrogens is 178 g/mol. The molecule has 0 aromatic carbocycles. The molecule has 0 saturated heterocycles. The van der Waals surface area contributed by atoms with Crippen molar-refractivity contribution < 1.29 is 4.42 Å². The first-order valence-electron chi connectivity index (χ1n) is 4.58. The van der Waals surface area contributed by atoms with E-state index in [2.05, 4.69) is 10.3 Å². The first-order chi connectivity index (χ1) is 6.47. The quantitative estimate of drug-likeness (QED) is 0.555. The molecule has 0 atom stereocenters. The lowest BCUT2D eigenvalue weighted by Crippen LogP contribution is -2.44. The van der Waals surface area contributed by atoms with Gasteiger partial charge in [-0.15, -0.1) is 0 Å². The van der Waals surface area contributed by atoms with Crippen LogP contribution < -0.4 is 11.1 Å². The third kappa shape index (κ3) is 3.98. The minimum atomic E-state index is -0.0588. The Hall–Kier alpha value is -1.45. The van der Waals surface area contributed by atoms with Crippen molar-refractivity contribution in [1.82, 2.24) is 5.32 Å². The Labute approximate surface area is 84.2 Å². The molecule has 1 heterocycles. The molecule has 1 rings (SSSR count). The van der Waals surface area contributed by atoms with E-state index < -0.39 is 0 Å². The SMILES string of the molecule is CC(C)(C)NC(N)=NCc1ccco1. The molecule has 0 unspecified atom stereocenters. The summed E-state index contributed by atoms with van der Waals surface area (Å²) in [5.41, 5.74) is 5.61. The Balaban J connectivity index is 2.45. The van der Waals surface area contributed by atoms with Gasteiger partial charge in [-0.1, -0.05) is 0 Å². The number of hydrogen-bond acceptors (Lipinski definition) is 2. The van der Waals surface area contributed by atoms with Gasteiger partial charge >= 0.3 is 0 Å². The largest absolute Gasteiger partial charge is 0.467 e. The van der Waals surface area contributed by atoms with Crippen LogP contribution in [0.1, 0.15) is 26.5 Å². The second kappa shape index (κ2) is 4.17. The van der Waals surface area contributed by atoms with Crippen LogP contribution in [0.4, 0.5) is 0 Å². The van der Waals surface area contributed by atoms with Crippen LogP contribution in [0.25, 0.3) is 0 Å². The smallest absolute Gasteiger partial charge is 0.189 e. The molecule has 1 aromatic heterocycles. The number of guanidine groups is 1. The Bertz CT molecular complexity index is 296. The van der Waals surface area contributed by atoms with Gasteiger partial charge in [-0.3, -0.25) is 0 Å². The number of nitrogens with zero attached hydrogens (tertiary/aromatic N) is 1. The predicted octanol–water partition coefficient (Wildman–Crippen LogP) is 1.48. The van der Waals surface area contributed by atoms with Crippen molar-refractivity contribution in [3.05, 3.63) is 24.2 Å². The highest BCUT2D eigenvalue weighted by atomic mass is 16.3. The Morgan fingerprint density at radius 2 is 2.29 bits per heavy atom. The van der Waals surface area contributed by atoms with Crippen LogP contribution in [0.15, 0.2) is 27.8 Å². The van der Waals surface area contributed by atoms with E-state index >= 15 is 0 Å². The molecule has 0 fully saturated rings. The van der Waals surface area contributed by atoms with Gasteiger partial charge in [0.05, 0.1) is 6.26 Å². The molecule has 4 heteroatoms. The molecule has 3 N–H and O–H groups in total. The fourth-order valence-electron chi connectivity index (χ4n) is 0.989. The number of aliphatic imine (C=N–C) groups is 1. The summed E-state index contributed by atoms with van der Waals surface area (Å²) in [5.74, 6) is 1.25. The Kier molecular flexibility index (Phi) is 3.17. The number of rotatable bonds is 2. The first kappa shape index (κ1) is 10.6. The second-order valence-electron chi connectivity index (χ2n) is 4.16. The molecule has 1 aromatic rings. The normalized spacial score (nSPS) is 12.9. The van der Waals surface area contributed by atoms with Gasteiger partial charge in [0.2, 0.25) is 0 Å². The van der Waals surface area contributed by atoms with E-state index in [9.17, 15) is 0 Å².